The van der Waals surface area contributed by atoms with Crippen molar-refractivity contribution in [3.8, 4) is 5.88 Å². The molecule has 146 valence electrons. The van der Waals surface area contributed by atoms with Gasteiger partial charge in [-0.3, -0.25) is 9.79 Å². The number of unbranched alkanes of at least 4 members (excludes halogenated alkanes) is 1. The van der Waals surface area contributed by atoms with Crippen molar-refractivity contribution in [2.45, 2.75) is 45.1 Å². The zero-order chi connectivity index (χ0) is 19.4. The van der Waals surface area contributed by atoms with E-state index in [0.717, 1.165) is 12.8 Å². The quantitative estimate of drug-likeness (QED) is 0.242. The Kier molecular flexibility index (Phi) is 10.3. The largest absolute Gasteiger partial charge is 0.466 e. The van der Waals surface area contributed by atoms with Gasteiger partial charge < -0.3 is 18.9 Å². The maximum absolute atomic E-state index is 12.2. The van der Waals surface area contributed by atoms with Crippen molar-refractivity contribution in [3.05, 3.63) is 23.9 Å². The molecule has 0 saturated heterocycles. The third-order valence-electron chi connectivity index (χ3n) is 3.33. The van der Waals surface area contributed by atoms with Crippen molar-refractivity contribution in [2.24, 2.45) is 4.99 Å². The lowest BCUT2D eigenvalue weighted by Gasteiger charge is -2.14. The predicted molar refractivity (Wildman–Crippen MR) is 90.4 cm³/mol. The first-order chi connectivity index (χ1) is 12.5. The zero-order valence-electron chi connectivity index (χ0n) is 15.1. The number of ether oxygens (including phenoxy) is 4. The van der Waals surface area contributed by atoms with Gasteiger partial charge in [-0.1, -0.05) is 13.3 Å². The van der Waals surface area contributed by atoms with Gasteiger partial charge in [0, 0.05) is 26.5 Å². The number of aromatic nitrogens is 1. The van der Waals surface area contributed by atoms with Gasteiger partial charge in [0.05, 0.1) is 25.3 Å². The van der Waals surface area contributed by atoms with E-state index in [-0.39, 0.29) is 12.3 Å². The lowest BCUT2D eigenvalue weighted by Crippen LogP contribution is -2.16. The van der Waals surface area contributed by atoms with E-state index in [1.165, 1.54) is 38.8 Å². The molecule has 0 fully saturated rings. The number of carbonyl (C=O) groups excluding carboxylic acids is 1. The summed E-state index contributed by atoms with van der Waals surface area (Å²) in [7, 11) is 2.90. The standard InChI is InChI=1S/C17H24F2N2O5/c1-4-5-8-25-15(22)9-13(20-11-16(23-2)24-3)12-6-7-14(21-10-12)26-17(18)19/h6-7,10-11,13,16-17H,4-5,8-9H2,1-3H3/b20-11+/t13-/m0/s1. The van der Waals surface area contributed by atoms with Gasteiger partial charge in [-0.25, -0.2) is 4.98 Å². The molecule has 0 aliphatic heterocycles. The van der Waals surface area contributed by atoms with E-state index in [9.17, 15) is 13.6 Å². The Morgan fingerprint density at radius 3 is 2.58 bits per heavy atom. The molecule has 9 heteroatoms. The number of hydrogen-bond donors (Lipinski definition) is 0. The van der Waals surface area contributed by atoms with Gasteiger partial charge in [-0.05, 0) is 18.1 Å². The van der Waals surface area contributed by atoms with Gasteiger partial charge in [-0.2, -0.15) is 8.78 Å². The summed E-state index contributed by atoms with van der Waals surface area (Å²) < 4.78 is 43.8. The van der Waals surface area contributed by atoms with Crippen LogP contribution >= 0.6 is 0 Å². The van der Waals surface area contributed by atoms with Crippen molar-refractivity contribution in [1.82, 2.24) is 4.98 Å². The minimum atomic E-state index is -2.96. The van der Waals surface area contributed by atoms with Crippen molar-refractivity contribution < 1.29 is 32.5 Å². The van der Waals surface area contributed by atoms with Crippen LogP contribution in [0.25, 0.3) is 0 Å². The number of alkyl halides is 2. The highest BCUT2D eigenvalue weighted by atomic mass is 19.3. The molecule has 0 aliphatic carbocycles. The molecular formula is C17H24F2N2O5. The first-order valence-electron chi connectivity index (χ1n) is 8.15. The Balaban J connectivity index is 2.86. The normalized spacial score (nSPS) is 12.7. The Morgan fingerprint density at radius 1 is 1.31 bits per heavy atom. The first-order valence-corrected chi connectivity index (χ1v) is 8.15. The summed E-state index contributed by atoms with van der Waals surface area (Å²) in [6.07, 6.45) is 3.71. The van der Waals surface area contributed by atoms with E-state index in [1.54, 1.807) is 0 Å². The molecule has 1 heterocycles. The van der Waals surface area contributed by atoms with Gasteiger partial charge in [0.25, 0.3) is 0 Å². The number of methoxy groups -OCH3 is 2. The van der Waals surface area contributed by atoms with Crippen LogP contribution in [0, 0.1) is 0 Å². The van der Waals surface area contributed by atoms with Crippen molar-refractivity contribution >= 4 is 12.2 Å². The van der Waals surface area contributed by atoms with E-state index in [2.05, 4.69) is 14.7 Å². The summed E-state index contributed by atoms with van der Waals surface area (Å²) in [6, 6.07) is 2.18. The molecule has 1 atom stereocenters. The van der Waals surface area contributed by atoms with Gasteiger partial charge >= 0.3 is 12.6 Å². The van der Waals surface area contributed by atoms with Gasteiger partial charge in [0.1, 0.15) is 0 Å². The summed E-state index contributed by atoms with van der Waals surface area (Å²) in [5, 5.41) is 0. The molecule has 0 spiro atoms. The van der Waals surface area contributed by atoms with Crippen LogP contribution < -0.4 is 4.74 Å². The molecule has 1 aromatic heterocycles. The molecule has 0 saturated carbocycles. The third kappa shape index (κ3) is 8.30. The number of hydrogen-bond acceptors (Lipinski definition) is 7. The number of nitrogens with zero attached hydrogens (tertiary/aromatic N) is 2. The summed E-state index contributed by atoms with van der Waals surface area (Å²) in [5.41, 5.74) is 0.543. The average Bonchev–Trinajstić information content (AvgIpc) is 2.62. The molecular weight excluding hydrogens is 350 g/mol. The highest BCUT2D eigenvalue weighted by Crippen LogP contribution is 2.23. The van der Waals surface area contributed by atoms with Crippen LogP contribution in [-0.2, 0) is 19.0 Å². The van der Waals surface area contributed by atoms with Crippen LogP contribution in [0.1, 0.15) is 37.8 Å². The number of aliphatic imine (C=N–C) groups is 1. The SMILES string of the molecule is CCCCOC(=O)C[C@H](/N=C/C(OC)OC)c1ccc(OC(F)F)nc1. The number of pyridine rings is 1. The first kappa shape index (κ1) is 21.9. The zero-order valence-corrected chi connectivity index (χ0v) is 15.1. The van der Waals surface area contributed by atoms with Crippen LogP contribution in [0.15, 0.2) is 23.3 Å². The number of rotatable bonds is 12. The molecule has 26 heavy (non-hydrogen) atoms. The molecule has 0 aliphatic rings. The number of esters is 1. The molecule has 0 aromatic carbocycles. The highest BCUT2D eigenvalue weighted by Gasteiger charge is 2.18. The molecule has 1 aromatic rings. The van der Waals surface area contributed by atoms with E-state index in [0.29, 0.717) is 12.2 Å². The van der Waals surface area contributed by atoms with Gasteiger partial charge in [0.2, 0.25) is 5.88 Å². The number of carbonyl (C=O) groups is 1. The van der Waals surface area contributed by atoms with Crippen molar-refractivity contribution in [3.63, 3.8) is 0 Å². The van der Waals surface area contributed by atoms with Crippen LogP contribution in [0.4, 0.5) is 8.78 Å². The Morgan fingerprint density at radius 2 is 2.04 bits per heavy atom. The van der Waals surface area contributed by atoms with Crippen LogP contribution in [-0.4, -0.2) is 50.9 Å². The van der Waals surface area contributed by atoms with Gasteiger partial charge in [-0.15, -0.1) is 0 Å². The maximum Gasteiger partial charge on any atom is 0.388 e. The van der Waals surface area contributed by atoms with Crippen molar-refractivity contribution in [1.29, 1.82) is 0 Å². The smallest absolute Gasteiger partial charge is 0.388 e. The fraction of sp³-hybridized carbons (Fsp3) is 0.588. The highest BCUT2D eigenvalue weighted by molar-refractivity contribution is 5.71. The van der Waals surface area contributed by atoms with E-state index in [4.69, 9.17) is 14.2 Å². The minimum Gasteiger partial charge on any atom is -0.466 e. The lowest BCUT2D eigenvalue weighted by atomic mass is 10.1. The van der Waals surface area contributed by atoms with Gasteiger partial charge in [0.15, 0.2) is 6.29 Å². The second-order valence-electron chi connectivity index (χ2n) is 5.24. The topological polar surface area (TPSA) is 79.2 Å². The summed E-state index contributed by atoms with van der Waals surface area (Å²) in [5.74, 6) is -0.636. The molecule has 0 unspecified atom stereocenters. The molecule has 7 nitrogen and oxygen atoms in total. The Bertz CT molecular complexity index is 551. The Labute approximate surface area is 151 Å². The fourth-order valence-corrected chi connectivity index (χ4v) is 1.95. The minimum absolute atomic E-state index is 0.0307. The third-order valence-corrected chi connectivity index (χ3v) is 3.33. The molecule has 0 amide bonds. The van der Waals surface area contributed by atoms with Crippen LogP contribution in [0.5, 0.6) is 5.88 Å². The van der Waals surface area contributed by atoms with E-state index >= 15 is 0 Å². The van der Waals surface area contributed by atoms with E-state index in [1.807, 2.05) is 6.92 Å². The van der Waals surface area contributed by atoms with Crippen LogP contribution in [0.3, 0.4) is 0 Å². The Hall–Kier alpha value is -2.13. The average molecular weight is 374 g/mol. The molecule has 0 radical (unpaired) electrons. The number of halogens is 2. The lowest BCUT2D eigenvalue weighted by molar-refractivity contribution is -0.144. The predicted octanol–water partition coefficient (Wildman–Crippen LogP) is 3.15. The monoisotopic (exact) mass is 374 g/mol. The second-order valence-corrected chi connectivity index (χ2v) is 5.24. The molecule has 1 rings (SSSR count). The maximum atomic E-state index is 12.2. The summed E-state index contributed by atoms with van der Waals surface area (Å²) in [6.45, 7) is -0.630. The summed E-state index contributed by atoms with van der Waals surface area (Å²) >= 11 is 0. The van der Waals surface area contributed by atoms with E-state index < -0.39 is 24.9 Å². The van der Waals surface area contributed by atoms with Crippen LogP contribution in [0.2, 0.25) is 0 Å². The molecule has 0 bridgehead atoms. The second kappa shape index (κ2) is 12.3. The fourth-order valence-electron chi connectivity index (χ4n) is 1.95. The summed E-state index contributed by atoms with van der Waals surface area (Å²) in [4.78, 5) is 20.1. The molecule has 0 N–H and O–H groups in total. The van der Waals surface area contributed by atoms with Crippen molar-refractivity contribution in [2.75, 3.05) is 20.8 Å².